The third kappa shape index (κ3) is 2.75. The smallest absolute Gasteiger partial charge is 0.197 e. The molecule has 75 valence electrons. The summed E-state index contributed by atoms with van der Waals surface area (Å²) < 4.78 is 5.28. The Balaban J connectivity index is 1.76. The second-order valence-electron chi connectivity index (χ2n) is 3.35. The molecule has 0 amide bonds. The predicted octanol–water partition coefficient (Wildman–Crippen LogP) is 0.151. The van der Waals surface area contributed by atoms with Gasteiger partial charge in [0.15, 0.2) is 6.33 Å². The average molecular weight is 192 g/mol. The highest BCUT2D eigenvalue weighted by molar-refractivity contribution is 4.97. The van der Waals surface area contributed by atoms with E-state index in [1.165, 1.54) is 0 Å². The molecule has 1 radical (unpaired) electrons. The Morgan fingerprint density at radius 2 is 2.29 bits per heavy atom. The van der Waals surface area contributed by atoms with Crippen molar-refractivity contribution in [1.82, 2.24) is 14.9 Å². The molecule has 0 spiro atoms. The summed E-state index contributed by atoms with van der Waals surface area (Å²) in [6.45, 7) is 4.84. The van der Waals surface area contributed by atoms with E-state index >= 15 is 0 Å². The van der Waals surface area contributed by atoms with Gasteiger partial charge in [-0.05, 0) is 6.07 Å². The zero-order valence-electron chi connectivity index (χ0n) is 8.15. The number of nitrogens with zero attached hydrogens (tertiary/aromatic N) is 3. The van der Waals surface area contributed by atoms with Crippen LogP contribution in [-0.2, 0) is 11.2 Å². The molecule has 2 heterocycles. The molecule has 1 fully saturated rings. The van der Waals surface area contributed by atoms with Crippen LogP contribution in [0.2, 0.25) is 0 Å². The molecule has 1 aliphatic heterocycles. The van der Waals surface area contributed by atoms with Crippen molar-refractivity contribution in [1.29, 1.82) is 0 Å². The largest absolute Gasteiger partial charge is 0.379 e. The van der Waals surface area contributed by atoms with Crippen LogP contribution in [0, 0.1) is 6.33 Å². The van der Waals surface area contributed by atoms with Gasteiger partial charge in [-0.15, -0.1) is 0 Å². The lowest BCUT2D eigenvalue weighted by molar-refractivity contribution is 0.0383. The molecule has 4 nitrogen and oxygen atoms in total. The Morgan fingerprint density at radius 1 is 1.43 bits per heavy atom. The van der Waals surface area contributed by atoms with E-state index in [1.54, 1.807) is 6.20 Å². The fraction of sp³-hybridized carbons (Fsp3) is 0.600. The molecule has 0 atom stereocenters. The van der Waals surface area contributed by atoms with Gasteiger partial charge in [-0.2, -0.15) is 0 Å². The molecule has 4 heteroatoms. The fourth-order valence-corrected chi connectivity index (χ4v) is 1.52. The number of morpholine rings is 1. The minimum atomic E-state index is 0.857. The Kier molecular flexibility index (Phi) is 3.43. The zero-order valence-corrected chi connectivity index (χ0v) is 8.15. The Bertz CT molecular complexity index is 259. The quantitative estimate of drug-likeness (QED) is 0.683. The molecule has 1 aliphatic rings. The highest BCUT2D eigenvalue weighted by atomic mass is 16.5. The molecule has 14 heavy (non-hydrogen) atoms. The van der Waals surface area contributed by atoms with Crippen LogP contribution in [0.4, 0.5) is 0 Å². The molecule has 0 aliphatic carbocycles. The first kappa shape index (κ1) is 9.55. The molecule has 0 N–H and O–H groups in total. The molecule has 0 saturated carbocycles. The third-order valence-corrected chi connectivity index (χ3v) is 2.38. The third-order valence-electron chi connectivity index (χ3n) is 2.38. The topological polar surface area (TPSA) is 38.2 Å². The van der Waals surface area contributed by atoms with Crippen molar-refractivity contribution in [2.45, 2.75) is 6.42 Å². The van der Waals surface area contributed by atoms with Crippen molar-refractivity contribution in [3.8, 4) is 0 Å². The van der Waals surface area contributed by atoms with E-state index in [0.717, 1.165) is 45.0 Å². The second-order valence-corrected chi connectivity index (χ2v) is 3.35. The van der Waals surface area contributed by atoms with Crippen LogP contribution in [-0.4, -0.2) is 47.7 Å². The summed E-state index contributed by atoms with van der Waals surface area (Å²) in [6, 6.07) is 1.94. The van der Waals surface area contributed by atoms with Gasteiger partial charge < -0.3 is 4.74 Å². The number of ether oxygens (including phenoxy) is 1. The van der Waals surface area contributed by atoms with Gasteiger partial charge in [0, 0.05) is 37.9 Å². The molecule has 1 aromatic rings. The van der Waals surface area contributed by atoms with Gasteiger partial charge in [-0.1, -0.05) is 0 Å². The molecule has 0 unspecified atom stereocenters. The number of rotatable bonds is 3. The van der Waals surface area contributed by atoms with Gasteiger partial charge in [0.05, 0.1) is 13.2 Å². The summed E-state index contributed by atoms with van der Waals surface area (Å²) in [7, 11) is 0. The maximum atomic E-state index is 5.28. The van der Waals surface area contributed by atoms with E-state index in [0.29, 0.717) is 0 Å². The minimum absolute atomic E-state index is 0.857. The second kappa shape index (κ2) is 5.02. The number of aromatic nitrogens is 2. The van der Waals surface area contributed by atoms with Crippen LogP contribution in [0.3, 0.4) is 0 Å². The van der Waals surface area contributed by atoms with Crippen molar-refractivity contribution >= 4 is 0 Å². The van der Waals surface area contributed by atoms with Gasteiger partial charge in [0.1, 0.15) is 0 Å². The van der Waals surface area contributed by atoms with E-state index in [-0.39, 0.29) is 0 Å². The maximum absolute atomic E-state index is 5.28. The summed E-state index contributed by atoms with van der Waals surface area (Å²) in [5.74, 6) is 0. The minimum Gasteiger partial charge on any atom is -0.379 e. The van der Waals surface area contributed by atoms with E-state index in [9.17, 15) is 0 Å². The normalized spacial score (nSPS) is 18.3. The van der Waals surface area contributed by atoms with Crippen molar-refractivity contribution in [3.05, 3.63) is 24.3 Å². The Hall–Kier alpha value is -1.00. The van der Waals surface area contributed by atoms with Crippen molar-refractivity contribution in [2.24, 2.45) is 0 Å². The first-order chi connectivity index (χ1) is 6.95. The van der Waals surface area contributed by atoms with Gasteiger partial charge in [0.25, 0.3) is 0 Å². The number of hydrogen-bond acceptors (Lipinski definition) is 4. The standard InChI is InChI=1S/C10H14N3O/c1-3-11-9-12-10(1)2-4-13-5-7-14-8-6-13/h1,3H,2,4-8H2. The SMILES string of the molecule is [c]1nccc(CCN2CCOCC2)n1. The summed E-state index contributed by atoms with van der Waals surface area (Å²) in [6.07, 6.45) is 5.31. The summed E-state index contributed by atoms with van der Waals surface area (Å²) >= 11 is 0. The summed E-state index contributed by atoms with van der Waals surface area (Å²) in [5.41, 5.74) is 1.06. The van der Waals surface area contributed by atoms with E-state index in [2.05, 4.69) is 21.2 Å². The molecule has 0 aromatic carbocycles. The maximum Gasteiger partial charge on any atom is 0.197 e. The lowest BCUT2D eigenvalue weighted by Gasteiger charge is -2.26. The molecule has 0 bridgehead atoms. The molecule has 1 aromatic heterocycles. The van der Waals surface area contributed by atoms with Gasteiger partial charge in [-0.25, -0.2) is 9.97 Å². The van der Waals surface area contributed by atoms with Crippen LogP contribution in [0.15, 0.2) is 12.3 Å². The lowest BCUT2D eigenvalue weighted by atomic mass is 10.2. The van der Waals surface area contributed by atoms with Crippen molar-refractivity contribution in [3.63, 3.8) is 0 Å². The van der Waals surface area contributed by atoms with Gasteiger partial charge >= 0.3 is 0 Å². The monoisotopic (exact) mass is 192 g/mol. The van der Waals surface area contributed by atoms with Gasteiger partial charge in [0.2, 0.25) is 0 Å². The van der Waals surface area contributed by atoms with Crippen LogP contribution in [0.5, 0.6) is 0 Å². The number of hydrogen-bond donors (Lipinski definition) is 0. The summed E-state index contributed by atoms with van der Waals surface area (Å²) in [5, 5.41) is 0. The fourth-order valence-electron chi connectivity index (χ4n) is 1.52. The van der Waals surface area contributed by atoms with Crippen molar-refractivity contribution in [2.75, 3.05) is 32.8 Å². The predicted molar refractivity (Wildman–Crippen MR) is 51.8 cm³/mol. The van der Waals surface area contributed by atoms with E-state index in [4.69, 9.17) is 4.74 Å². The first-order valence-corrected chi connectivity index (χ1v) is 4.93. The van der Waals surface area contributed by atoms with E-state index < -0.39 is 0 Å². The highest BCUT2D eigenvalue weighted by Crippen LogP contribution is 1.99. The molecular formula is C10H14N3O. The highest BCUT2D eigenvalue weighted by Gasteiger charge is 2.09. The zero-order chi connectivity index (χ0) is 9.64. The van der Waals surface area contributed by atoms with Crippen LogP contribution < -0.4 is 0 Å². The van der Waals surface area contributed by atoms with E-state index in [1.807, 2.05) is 6.07 Å². The Morgan fingerprint density at radius 3 is 3.00 bits per heavy atom. The van der Waals surface area contributed by atoms with Crippen molar-refractivity contribution < 1.29 is 4.74 Å². The Labute approximate surface area is 83.9 Å². The van der Waals surface area contributed by atoms with Gasteiger partial charge in [-0.3, -0.25) is 4.90 Å². The molecule has 2 rings (SSSR count). The summed E-state index contributed by atoms with van der Waals surface area (Å²) in [4.78, 5) is 10.2. The van der Waals surface area contributed by atoms with Crippen LogP contribution in [0.1, 0.15) is 5.69 Å². The lowest BCUT2D eigenvalue weighted by Crippen LogP contribution is -2.37. The average Bonchev–Trinajstić information content (AvgIpc) is 2.29. The molecule has 1 saturated heterocycles. The van der Waals surface area contributed by atoms with Crippen LogP contribution >= 0.6 is 0 Å². The molecular weight excluding hydrogens is 178 g/mol. The first-order valence-electron chi connectivity index (χ1n) is 4.93. The van der Waals surface area contributed by atoms with Crippen LogP contribution in [0.25, 0.3) is 0 Å².